The summed E-state index contributed by atoms with van der Waals surface area (Å²) >= 11 is 0. The van der Waals surface area contributed by atoms with Gasteiger partial charge in [-0.3, -0.25) is 4.98 Å². The fourth-order valence-corrected chi connectivity index (χ4v) is 0.923. The van der Waals surface area contributed by atoms with Crippen molar-refractivity contribution in [3.05, 3.63) is 30.1 Å². The molecule has 3 heteroatoms. The molecule has 1 rings (SSSR count). The summed E-state index contributed by atoms with van der Waals surface area (Å²) < 4.78 is 0. The summed E-state index contributed by atoms with van der Waals surface area (Å²) in [6.45, 7) is 0.609. The highest BCUT2D eigenvalue weighted by Crippen LogP contribution is 2.08. The number of aromatic nitrogens is 1. The SMILES string of the molecule is NCC[C@H](N)c1ccccn1. The van der Waals surface area contributed by atoms with Crippen molar-refractivity contribution >= 4 is 0 Å². The first-order valence-corrected chi connectivity index (χ1v) is 3.71. The zero-order valence-corrected chi connectivity index (χ0v) is 6.40. The maximum atomic E-state index is 5.76. The van der Waals surface area contributed by atoms with Gasteiger partial charge in [0.05, 0.1) is 5.69 Å². The third-order valence-electron chi connectivity index (χ3n) is 1.55. The van der Waals surface area contributed by atoms with E-state index in [1.807, 2.05) is 18.2 Å². The van der Waals surface area contributed by atoms with Gasteiger partial charge in [0.2, 0.25) is 0 Å². The lowest BCUT2D eigenvalue weighted by Gasteiger charge is -2.07. The molecular weight excluding hydrogens is 138 g/mol. The Morgan fingerprint density at radius 1 is 1.45 bits per heavy atom. The van der Waals surface area contributed by atoms with Crippen LogP contribution in [0.1, 0.15) is 18.2 Å². The largest absolute Gasteiger partial charge is 0.330 e. The Kier molecular flexibility index (Phi) is 3.01. The smallest absolute Gasteiger partial charge is 0.0571 e. The molecule has 11 heavy (non-hydrogen) atoms. The average molecular weight is 151 g/mol. The Balaban J connectivity index is 2.61. The quantitative estimate of drug-likeness (QED) is 0.658. The van der Waals surface area contributed by atoms with Gasteiger partial charge in [0.1, 0.15) is 0 Å². The maximum Gasteiger partial charge on any atom is 0.0571 e. The van der Waals surface area contributed by atoms with Gasteiger partial charge in [0, 0.05) is 12.2 Å². The molecule has 0 spiro atoms. The lowest BCUT2D eigenvalue weighted by Crippen LogP contribution is -2.16. The van der Waals surface area contributed by atoms with Gasteiger partial charge < -0.3 is 11.5 Å². The minimum atomic E-state index is -0.0128. The second-order valence-electron chi connectivity index (χ2n) is 2.44. The summed E-state index contributed by atoms with van der Waals surface area (Å²) in [6, 6.07) is 5.71. The Morgan fingerprint density at radius 2 is 2.27 bits per heavy atom. The highest BCUT2D eigenvalue weighted by atomic mass is 14.8. The molecule has 0 fully saturated rings. The molecule has 1 aromatic heterocycles. The summed E-state index contributed by atoms with van der Waals surface area (Å²) in [5, 5.41) is 0. The van der Waals surface area contributed by atoms with Crippen LogP contribution in [0.3, 0.4) is 0 Å². The zero-order valence-electron chi connectivity index (χ0n) is 6.40. The maximum absolute atomic E-state index is 5.76. The van der Waals surface area contributed by atoms with Gasteiger partial charge in [-0.2, -0.15) is 0 Å². The normalized spacial score (nSPS) is 12.9. The molecule has 0 saturated carbocycles. The van der Waals surface area contributed by atoms with Crippen LogP contribution in [0.25, 0.3) is 0 Å². The van der Waals surface area contributed by atoms with Crippen molar-refractivity contribution in [1.82, 2.24) is 4.98 Å². The monoisotopic (exact) mass is 151 g/mol. The summed E-state index contributed by atoms with van der Waals surface area (Å²) in [7, 11) is 0. The predicted molar refractivity (Wildman–Crippen MR) is 44.8 cm³/mol. The van der Waals surface area contributed by atoms with Crippen LogP contribution in [0.2, 0.25) is 0 Å². The standard InChI is InChI=1S/C8H13N3/c9-5-4-7(10)8-3-1-2-6-11-8/h1-3,6-7H,4-5,9-10H2/t7-/m0/s1. The fourth-order valence-electron chi connectivity index (χ4n) is 0.923. The number of hydrogen-bond donors (Lipinski definition) is 2. The topological polar surface area (TPSA) is 64.9 Å². The first-order valence-electron chi connectivity index (χ1n) is 3.71. The van der Waals surface area contributed by atoms with E-state index in [-0.39, 0.29) is 6.04 Å². The first-order chi connectivity index (χ1) is 5.34. The van der Waals surface area contributed by atoms with Crippen LogP contribution in [0.5, 0.6) is 0 Å². The Labute approximate surface area is 66.4 Å². The summed E-state index contributed by atoms with van der Waals surface area (Å²) in [5.74, 6) is 0. The molecule has 0 amide bonds. The zero-order chi connectivity index (χ0) is 8.10. The predicted octanol–water partition coefficient (Wildman–Crippen LogP) is 0.430. The third kappa shape index (κ3) is 2.29. The van der Waals surface area contributed by atoms with Crippen molar-refractivity contribution in [2.75, 3.05) is 6.54 Å². The molecule has 60 valence electrons. The summed E-state index contributed by atoms with van der Waals surface area (Å²) in [4.78, 5) is 4.12. The van der Waals surface area contributed by atoms with Crippen LogP contribution in [0.4, 0.5) is 0 Å². The molecule has 1 heterocycles. The van der Waals surface area contributed by atoms with E-state index < -0.39 is 0 Å². The molecule has 0 aliphatic heterocycles. The van der Waals surface area contributed by atoms with Crippen molar-refractivity contribution < 1.29 is 0 Å². The second-order valence-corrected chi connectivity index (χ2v) is 2.44. The van der Waals surface area contributed by atoms with Gasteiger partial charge in [-0.25, -0.2) is 0 Å². The summed E-state index contributed by atoms with van der Waals surface area (Å²) in [6.07, 6.45) is 2.53. The molecule has 3 nitrogen and oxygen atoms in total. The highest BCUT2D eigenvalue weighted by Gasteiger charge is 2.03. The van der Waals surface area contributed by atoms with Gasteiger partial charge >= 0.3 is 0 Å². The lowest BCUT2D eigenvalue weighted by molar-refractivity contribution is 0.643. The van der Waals surface area contributed by atoms with Crippen LogP contribution in [0.15, 0.2) is 24.4 Å². The molecule has 4 N–H and O–H groups in total. The molecule has 0 aliphatic rings. The summed E-state index contributed by atoms with van der Waals surface area (Å²) in [5.41, 5.74) is 12.0. The van der Waals surface area contributed by atoms with E-state index >= 15 is 0 Å². The Hall–Kier alpha value is -0.930. The third-order valence-corrected chi connectivity index (χ3v) is 1.55. The molecule has 0 aliphatic carbocycles. The van der Waals surface area contributed by atoms with E-state index in [0.717, 1.165) is 12.1 Å². The van der Waals surface area contributed by atoms with Crippen molar-refractivity contribution in [3.8, 4) is 0 Å². The van der Waals surface area contributed by atoms with Gasteiger partial charge in [-0.05, 0) is 25.1 Å². The van der Waals surface area contributed by atoms with Crippen molar-refractivity contribution in [2.45, 2.75) is 12.5 Å². The van der Waals surface area contributed by atoms with E-state index in [1.165, 1.54) is 0 Å². The van der Waals surface area contributed by atoms with Crippen molar-refractivity contribution in [1.29, 1.82) is 0 Å². The number of hydrogen-bond acceptors (Lipinski definition) is 3. The van der Waals surface area contributed by atoms with Crippen molar-refractivity contribution in [3.63, 3.8) is 0 Å². The number of pyridine rings is 1. The van der Waals surface area contributed by atoms with Gasteiger partial charge in [-0.15, -0.1) is 0 Å². The molecule has 0 radical (unpaired) electrons. The molecule has 1 aromatic rings. The van der Waals surface area contributed by atoms with Crippen LogP contribution in [0, 0.1) is 0 Å². The molecule has 1 atom stereocenters. The van der Waals surface area contributed by atoms with E-state index in [9.17, 15) is 0 Å². The van der Waals surface area contributed by atoms with Crippen LogP contribution < -0.4 is 11.5 Å². The van der Waals surface area contributed by atoms with Crippen molar-refractivity contribution in [2.24, 2.45) is 11.5 Å². The van der Waals surface area contributed by atoms with Gasteiger partial charge in [0.15, 0.2) is 0 Å². The first kappa shape index (κ1) is 8.17. The average Bonchev–Trinajstić information content (AvgIpc) is 2.07. The van der Waals surface area contributed by atoms with Crippen LogP contribution >= 0.6 is 0 Å². The molecule has 0 unspecified atom stereocenters. The highest BCUT2D eigenvalue weighted by molar-refractivity contribution is 5.07. The fraction of sp³-hybridized carbons (Fsp3) is 0.375. The van der Waals surface area contributed by atoms with Crippen LogP contribution in [-0.2, 0) is 0 Å². The van der Waals surface area contributed by atoms with Gasteiger partial charge in [-0.1, -0.05) is 6.07 Å². The molecular formula is C8H13N3. The molecule has 0 saturated heterocycles. The minimum Gasteiger partial charge on any atom is -0.330 e. The minimum absolute atomic E-state index is 0.0128. The molecule has 0 aromatic carbocycles. The number of nitrogens with two attached hydrogens (primary N) is 2. The second kappa shape index (κ2) is 4.05. The van der Waals surface area contributed by atoms with E-state index in [4.69, 9.17) is 11.5 Å². The Bertz CT molecular complexity index is 198. The number of rotatable bonds is 3. The van der Waals surface area contributed by atoms with E-state index in [0.29, 0.717) is 6.54 Å². The van der Waals surface area contributed by atoms with Gasteiger partial charge in [0.25, 0.3) is 0 Å². The number of nitrogens with zero attached hydrogens (tertiary/aromatic N) is 1. The van der Waals surface area contributed by atoms with E-state index in [1.54, 1.807) is 6.20 Å². The lowest BCUT2D eigenvalue weighted by atomic mass is 10.1. The Morgan fingerprint density at radius 3 is 2.82 bits per heavy atom. The molecule has 0 bridgehead atoms. The van der Waals surface area contributed by atoms with E-state index in [2.05, 4.69) is 4.98 Å². The van der Waals surface area contributed by atoms with Crippen LogP contribution in [-0.4, -0.2) is 11.5 Å².